The first-order chi connectivity index (χ1) is 8.99. The summed E-state index contributed by atoms with van der Waals surface area (Å²) in [5.74, 6) is -0.0702. The van der Waals surface area contributed by atoms with Crippen LogP contribution in [0.15, 0.2) is 23.6 Å². The van der Waals surface area contributed by atoms with Crippen molar-refractivity contribution < 1.29 is 9.90 Å². The third-order valence-electron chi connectivity index (χ3n) is 2.90. The quantitative estimate of drug-likeness (QED) is 0.906. The molecule has 2 aromatic rings. The molecule has 1 amide bonds. The van der Waals surface area contributed by atoms with Gasteiger partial charge < -0.3 is 10.4 Å². The van der Waals surface area contributed by atoms with Crippen molar-refractivity contribution in [2.45, 2.75) is 26.8 Å². The number of rotatable bonds is 3. The first kappa shape index (κ1) is 13.5. The summed E-state index contributed by atoms with van der Waals surface area (Å²) in [6.07, 6.45) is 0. The first-order valence-corrected chi connectivity index (χ1v) is 6.88. The fraction of sp³-hybridized carbons (Fsp3) is 0.286. The molecule has 0 aliphatic heterocycles. The highest BCUT2D eigenvalue weighted by Gasteiger charge is 2.16. The number of nitrogens with zero attached hydrogens (tertiary/aromatic N) is 1. The number of phenolic OH excluding ortho intramolecular Hbond substituents is 1. The van der Waals surface area contributed by atoms with Gasteiger partial charge in [0.2, 0.25) is 0 Å². The van der Waals surface area contributed by atoms with Gasteiger partial charge in [-0.2, -0.15) is 0 Å². The molecule has 2 rings (SSSR count). The van der Waals surface area contributed by atoms with E-state index < -0.39 is 0 Å². The van der Waals surface area contributed by atoms with Crippen LogP contribution >= 0.6 is 11.3 Å². The van der Waals surface area contributed by atoms with Gasteiger partial charge in [-0.1, -0.05) is 6.07 Å². The third kappa shape index (κ3) is 2.93. The molecule has 1 atom stereocenters. The highest BCUT2D eigenvalue weighted by Crippen LogP contribution is 2.21. The predicted molar refractivity (Wildman–Crippen MR) is 75.6 cm³/mol. The van der Waals surface area contributed by atoms with Gasteiger partial charge in [-0.05, 0) is 32.9 Å². The van der Waals surface area contributed by atoms with Gasteiger partial charge in [0.1, 0.15) is 10.8 Å². The molecule has 4 nitrogen and oxygen atoms in total. The molecule has 0 bridgehead atoms. The number of hydrogen-bond donors (Lipinski definition) is 2. The van der Waals surface area contributed by atoms with Crippen molar-refractivity contribution in [3.05, 3.63) is 45.4 Å². The average Bonchev–Trinajstić information content (AvgIpc) is 2.79. The summed E-state index contributed by atoms with van der Waals surface area (Å²) in [5.41, 5.74) is 2.03. The fourth-order valence-electron chi connectivity index (χ4n) is 1.78. The van der Waals surface area contributed by atoms with E-state index in [1.54, 1.807) is 25.1 Å². The molecule has 100 valence electrons. The van der Waals surface area contributed by atoms with Crippen molar-refractivity contribution in [1.29, 1.82) is 0 Å². The van der Waals surface area contributed by atoms with Gasteiger partial charge in [-0.15, -0.1) is 11.3 Å². The number of carbonyl (C=O) groups excluding carboxylic acids is 1. The van der Waals surface area contributed by atoms with Crippen molar-refractivity contribution >= 4 is 17.2 Å². The van der Waals surface area contributed by atoms with Crippen LogP contribution < -0.4 is 5.32 Å². The number of hydrogen-bond acceptors (Lipinski definition) is 4. The van der Waals surface area contributed by atoms with Crippen LogP contribution in [-0.4, -0.2) is 16.0 Å². The molecule has 5 heteroatoms. The number of aryl methyl sites for hydroxylation is 1. The van der Waals surface area contributed by atoms with E-state index in [0.29, 0.717) is 11.1 Å². The molecule has 0 saturated carbocycles. The summed E-state index contributed by atoms with van der Waals surface area (Å²) in [5, 5.41) is 15.3. The lowest BCUT2D eigenvalue weighted by Crippen LogP contribution is -2.27. The van der Waals surface area contributed by atoms with Crippen LogP contribution in [0, 0.1) is 13.8 Å². The monoisotopic (exact) mass is 276 g/mol. The van der Waals surface area contributed by atoms with Crippen molar-refractivity contribution in [3.63, 3.8) is 0 Å². The number of amides is 1. The molecular formula is C14H16N2O2S. The normalized spacial score (nSPS) is 12.2. The van der Waals surface area contributed by atoms with Crippen LogP contribution in [-0.2, 0) is 0 Å². The van der Waals surface area contributed by atoms with E-state index >= 15 is 0 Å². The van der Waals surface area contributed by atoms with Crippen LogP contribution in [0.5, 0.6) is 5.75 Å². The molecule has 0 spiro atoms. The molecule has 0 radical (unpaired) electrons. The summed E-state index contributed by atoms with van der Waals surface area (Å²) in [7, 11) is 0. The van der Waals surface area contributed by atoms with Crippen molar-refractivity contribution in [3.8, 4) is 5.75 Å². The Morgan fingerprint density at radius 3 is 2.79 bits per heavy atom. The number of benzene rings is 1. The standard InChI is InChI=1S/C14H16N2O2S/c1-8-7-19-14(15-8)10(3)16-13(18)11-5-4-6-12(17)9(11)2/h4-7,10,17H,1-3H3,(H,16,18). The van der Waals surface area contributed by atoms with Crippen LogP contribution in [0.4, 0.5) is 0 Å². The Kier molecular flexibility index (Phi) is 3.85. The van der Waals surface area contributed by atoms with Crippen molar-refractivity contribution in [1.82, 2.24) is 10.3 Å². The Hall–Kier alpha value is -1.88. The lowest BCUT2D eigenvalue weighted by Gasteiger charge is -2.13. The molecular weight excluding hydrogens is 260 g/mol. The minimum Gasteiger partial charge on any atom is -0.508 e. The molecule has 1 unspecified atom stereocenters. The van der Waals surface area contributed by atoms with Gasteiger partial charge in [0.05, 0.1) is 6.04 Å². The number of carbonyl (C=O) groups is 1. The van der Waals surface area contributed by atoms with E-state index in [2.05, 4.69) is 10.3 Å². The zero-order valence-corrected chi connectivity index (χ0v) is 11.9. The highest BCUT2D eigenvalue weighted by atomic mass is 32.1. The molecule has 0 aliphatic carbocycles. The number of thiazole rings is 1. The number of nitrogens with one attached hydrogen (secondary N) is 1. The number of aromatic nitrogens is 1. The second-order valence-electron chi connectivity index (χ2n) is 4.47. The molecule has 1 aromatic carbocycles. The summed E-state index contributed by atoms with van der Waals surface area (Å²) in [4.78, 5) is 16.5. The van der Waals surface area contributed by atoms with E-state index in [4.69, 9.17) is 0 Å². The van der Waals surface area contributed by atoms with Gasteiger partial charge in [0.15, 0.2) is 0 Å². The maximum Gasteiger partial charge on any atom is 0.252 e. The maximum absolute atomic E-state index is 12.2. The van der Waals surface area contributed by atoms with E-state index in [1.165, 1.54) is 11.3 Å². The lowest BCUT2D eigenvalue weighted by molar-refractivity contribution is 0.0938. The van der Waals surface area contributed by atoms with E-state index in [1.807, 2.05) is 19.2 Å². The average molecular weight is 276 g/mol. The topological polar surface area (TPSA) is 62.2 Å². The van der Waals surface area contributed by atoms with Crippen LogP contribution in [0.1, 0.15) is 39.6 Å². The van der Waals surface area contributed by atoms with Crippen LogP contribution in [0.2, 0.25) is 0 Å². The minimum absolute atomic E-state index is 0.130. The van der Waals surface area contributed by atoms with Crippen LogP contribution in [0.3, 0.4) is 0 Å². The summed E-state index contributed by atoms with van der Waals surface area (Å²) in [6.45, 7) is 5.55. The summed E-state index contributed by atoms with van der Waals surface area (Å²) < 4.78 is 0. The molecule has 1 aromatic heterocycles. The third-order valence-corrected chi connectivity index (χ3v) is 4.05. The number of aromatic hydroxyl groups is 1. The zero-order valence-electron chi connectivity index (χ0n) is 11.1. The fourth-order valence-corrected chi connectivity index (χ4v) is 2.58. The number of phenols is 1. The Labute approximate surface area is 116 Å². The molecule has 0 aliphatic rings. The molecule has 1 heterocycles. The Balaban J connectivity index is 2.15. The van der Waals surface area contributed by atoms with E-state index in [9.17, 15) is 9.90 Å². The first-order valence-electron chi connectivity index (χ1n) is 6.00. The Bertz CT molecular complexity index is 607. The largest absolute Gasteiger partial charge is 0.508 e. The van der Waals surface area contributed by atoms with Crippen LogP contribution in [0.25, 0.3) is 0 Å². The SMILES string of the molecule is Cc1csc(C(C)NC(=O)c2cccc(O)c2C)n1. The Morgan fingerprint density at radius 2 is 2.16 bits per heavy atom. The van der Waals surface area contributed by atoms with Gasteiger partial charge in [0.25, 0.3) is 5.91 Å². The van der Waals surface area contributed by atoms with Gasteiger partial charge in [-0.25, -0.2) is 4.98 Å². The predicted octanol–water partition coefficient (Wildman–Crippen LogP) is 2.96. The maximum atomic E-state index is 12.2. The Morgan fingerprint density at radius 1 is 1.42 bits per heavy atom. The van der Waals surface area contributed by atoms with Gasteiger partial charge >= 0.3 is 0 Å². The lowest BCUT2D eigenvalue weighted by atomic mass is 10.1. The van der Waals surface area contributed by atoms with E-state index in [-0.39, 0.29) is 17.7 Å². The minimum atomic E-state index is -0.200. The molecule has 2 N–H and O–H groups in total. The molecule has 0 saturated heterocycles. The summed E-state index contributed by atoms with van der Waals surface area (Å²) >= 11 is 1.53. The molecule has 0 fully saturated rings. The smallest absolute Gasteiger partial charge is 0.252 e. The second-order valence-corrected chi connectivity index (χ2v) is 5.36. The zero-order chi connectivity index (χ0) is 14.0. The molecule has 19 heavy (non-hydrogen) atoms. The summed E-state index contributed by atoms with van der Waals surface area (Å²) in [6, 6.07) is 4.78. The highest BCUT2D eigenvalue weighted by molar-refractivity contribution is 7.09. The van der Waals surface area contributed by atoms with Gasteiger partial charge in [0, 0.05) is 22.2 Å². The van der Waals surface area contributed by atoms with E-state index in [0.717, 1.165) is 10.7 Å². The van der Waals surface area contributed by atoms with Crippen molar-refractivity contribution in [2.24, 2.45) is 0 Å². The van der Waals surface area contributed by atoms with Crippen molar-refractivity contribution in [2.75, 3.05) is 0 Å². The second kappa shape index (κ2) is 5.40. The van der Waals surface area contributed by atoms with Gasteiger partial charge in [-0.3, -0.25) is 4.79 Å².